The third-order valence-corrected chi connectivity index (χ3v) is 21.6. The second-order valence-electron chi connectivity index (χ2n) is 35.5. The van der Waals surface area contributed by atoms with Gasteiger partial charge in [0.2, 0.25) is 0 Å². The number of pyridine rings is 10. The van der Waals surface area contributed by atoms with Gasteiger partial charge in [0, 0.05) is 134 Å². The number of nitrogens with one attached hydrogen (secondary N) is 4. The lowest BCUT2D eigenvalue weighted by molar-refractivity contribution is 0.460. The molecule has 20 rings (SSSR count). The fourth-order valence-electron chi connectivity index (χ4n) is 14.1. The van der Waals surface area contributed by atoms with E-state index in [0.717, 1.165) is 87.8 Å². The Morgan fingerprint density at radius 2 is 0.600 bits per heavy atom. The van der Waals surface area contributed by atoms with Gasteiger partial charge < -0.3 is 50.6 Å². The normalized spacial score (nSPS) is 11.1. The highest BCUT2D eigenvalue weighted by Crippen LogP contribution is 2.34. The quantitative estimate of drug-likeness (QED) is 0.0608. The summed E-state index contributed by atoms with van der Waals surface area (Å²) in [7, 11) is 0. The first-order valence-corrected chi connectivity index (χ1v) is 45.5. The summed E-state index contributed by atoms with van der Waals surface area (Å²) in [5, 5.41) is 86.5. The van der Waals surface area contributed by atoms with E-state index in [0.29, 0.717) is 102 Å². The number of benzene rings is 2. The van der Waals surface area contributed by atoms with E-state index >= 15 is 0 Å². The molecule has 0 aliphatic carbocycles. The fourth-order valence-corrected chi connectivity index (χ4v) is 14.1. The lowest BCUT2D eigenvalue weighted by Crippen LogP contribution is -2.14. The van der Waals surface area contributed by atoms with E-state index in [9.17, 15) is 49.8 Å². The van der Waals surface area contributed by atoms with Crippen molar-refractivity contribution in [1.29, 1.82) is 0 Å². The first kappa shape index (κ1) is 104. The van der Waals surface area contributed by atoms with Crippen LogP contribution in [0.1, 0.15) is 254 Å². The topological polar surface area (TPSA) is 536 Å². The van der Waals surface area contributed by atoms with Crippen LogP contribution in [0.3, 0.4) is 0 Å². The Morgan fingerprint density at radius 1 is 0.229 bits per heavy atom. The van der Waals surface area contributed by atoms with Crippen LogP contribution in [0.25, 0.3) is 110 Å². The largest absolute Gasteiger partial charge is 0.508 e. The smallest absolute Gasteiger partial charge is 0.253 e. The molecule has 36 heteroatoms. The van der Waals surface area contributed by atoms with E-state index in [1.165, 1.54) is 19.0 Å². The van der Waals surface area contributed by atoms with Crippen LogP contribution in [-0.4, -0.2) is 161 Å². The molecule has 0 unspecified atom stereocenters. The van der Waals surface area contributed by atoms with Gasteiger partial charge >= 0.3 is 0 Å². The number of aromatic nitrogens is 26. The van der Waals surface area contributed by atoms with Gasteiger partial charge in [-0.3, -0.25) is 29.1 Å². The number of fused-ring (bicyclic) bond motifs is 10. The molecule has 0 aliphatic heterocycles. The van der Waals surface area contributed by atoms with Gasteiger partial charge in [0.05, 0.1) is 69.6 Å². The Morgan fingerprint density at radius 3 is 1.18 bits per heavy atom. The van der Waals surface area contributed by atoms with Gasteiger partial charge in [-0.15, -0.1) is 10.2 Å². The van der Waals surface area contributed by atoms with Crippen molar-refractivity contribution in [2.24, 2.45) is 0 Å². The van der Waals surface area contributed by atoms with Crippen molar-refractivity contribution in [3.05, 3.63) is 306 Å². The monoisotopic (exact) mass is 1890 g/mol. The molecule has 36 nitrogen and oxygen atoms in total. The van der Waals surface area contributed by atoms with Gasteiger partial charge in [0.25, 0.3) is 22.2 Å². The molecule has 0 aliphatic rings. The van der Waals surface area contributed by atoms with E-state index in [-0.39, 0.29) is 92.6 Å². The van der Waals surface area contributed by atoms with Crippen molar-refractivity contribution < 1.29 is 30.6 Å². The number of hydrogen-bond donors (Lipinski definition) is 10. The van der Waals surface area contributed by atoms with Gasteiger partial charge in [0.15, 0.2) is 22.6 Å². The summed E-state index contributed by atoms with van der Waals surface area (Å²) >= 11 is 0. The highest BCUT2D eigenvalue weighted by Gasteiger charge is 2.18. The Labute approximate surface area is 805 Å². The number of aromatic hydroxyl groups is 6. The van der Waals surface area contributed by atoms with Gasteiger partial charge in [0.1, 0.15) is 86.8 Å². The van der Waals surface area contributed by atoms with Gasteiger partial charge in [-0.2, -0.15) is 20.4 Å². The van der Waals surface area contributed by atoms with Crippen molar-refractivity contribution in [2.75, 3.05) is 0 Å². The third kappa shape index (κ3) is 27.3. The maximum absolute atomic E-state index is 11.6. The van der Waals surface area contributed by atoms with E-state index in [1.54, 1.807) is 123 Å². The van der Waals surface area contributed by atoms with Crippen LogP contribution < -0.4 is 22.2 Å². The molecular formula is C104H114N26O10. The van der Waals surface area contributed by atoms with E-state index in [4.69, 9.17) is 0 Å². The van der Waals surface area contributed by atoms with Crippen molar-refractivity contribution in [1.82, 2.24) is 130 Å². The molecule has 10 N–H and O–H groups in total. The summed E-state index contributed by atoms with van der Waals surface area (Å²) in [5.41, 5.74) is 16.7. The average molecular weight is 1890 g/mol. The molecule has 20 aromatic rings. The van der Waals surface area contributed by atoms with Gasteiger partial charge in [-0.05, 0) is 155 Å². The van der Waals surface area contributed by atoms with Crippen molar-refractivity contribution in [3.8, 4) is 34.5 Å². The molecular weight excluding hydrogens is 1770 g/mol. The van der Waals surface area contributed by atoms with Crippen LogP contribution in [0.4, 0.5) is 0 Å². The summed E-state index contributed by atoms with van der Waals surface area (Å²) in [6.07, 6.45) is 24.1. The molecule has 140 heavy (non-hydrogen) atoms. The predicted molar refractivity (Wildman–Crippen MR) is 544 cm³/mol. The number of phenolic OH excluding ortho intramolecular Hbond substituents is 2. The Balaban J connectivity index is 0.000000149. The molecule has 0 atom stereocenters. The minimum absolute atomic E-state index is 0.0359. The molecule has 0 amide bonds. The molecule has 0 saturated carbocycles. The standard InChI is InChI=1S/4C11H12N2O.6C10H11N3O/c1-7(2)9-3-8-5-12-6-13-10(8)4-11(9)14;1-7(2)9-5-8-3-4-12-13-10(8)6-11(9)14;1-7(2)10-9(14)6-8-4-3-5-12-11(8)13-10;1-7(2)9-6-8-4-3-5-12-10(8)13-11(9)14;1-6(2)10-9(14)3-7-8(13-10)4-11-5-12-7;1-6(2)8-3-7-4-11-5-12-9(7)13-10(8)14;1-6(2)9-8(14)5-7-10(13-9)12-4-3-11-7;1-6(2)7-5-8-9(13-10(7)14)12-4-3-11-8;1-6(2)10-9(14)5-8-7(12-10)3-4-11-13-8;1-6(2)8-5-7-3-4-11-13-9(7)12-10(8)14/h3*3-7,14H,1-2H3;3-7H,1-2H3,(H,12,13,14);3-6,14H,1-2H3;3-6H,1-2H3,(H,11,12,13,14);3-6,14H,1-2H3;3-6H,1-2H3,(H,12,13,14);3-6,14H,1-2H3;3-6H,1-2H3,(H,12,13,14). The molecule has 0 spiro atoms. The number of phenols is 2. The lowest BCUT2D eigenvalue weighted by atomic mass is 10.0. The van der Waals surface area contributed by atoms with E-state index < -0.39 is 0 Å². The van der Waals surface area contributed by atoms with Crippen molar-refractivity contribution in [3.63, 3.8) is 0 Å². The molecule has 18 heterocycles. The molecule has 2 aromatic carbocycles. The Kier molecular flexibility index (Phi) is 35.6. The zero-order chi connectivity index (χ0) is 101. The van der Waals surface area contributed by atoms with Crippen LogP contribution in [0.5, 0.6) is 34.5 Å². The molecule has 0 fully saturated rings. The van der Waals surface area contributed by atoms with Gasteiger partial charge in [-0.25, -0.2) is 69.8 Å². The Bertz CT molecular complexity index is 6850. The zero-order valence-electron chi connectivity index (χ0n) is 81.6. The Hall–Kier alpha value is -16.8. The first-order valence-electron chi connectivity index (χ1n) is 45.5. The predicted octanol–water partition coefficient (Wildman–Crippen LogP) is 19.3. The third-order valence-electron chi connectivity index (χ3n) is 21.6. The highest BCUT2D eigenvalue weighted by atomic mass is 16.3. The maximum atomic E-state index is 11.6. The van der Waals surface area contributed by atoms with Crippen molar-refractivity contribution in [2.45, 2.75) is 198 Å². The number of aromatic amines is 4. The summed E-state index contributed by atoms with van der Waals surface area (Å²) in [5.74, 6) is 3.71. The molecule has 720 valence electrons. The minimum Gasteiger partial charge on any atom is -0.508 e. The highest BCUT2D eigenvalue weighted by molar-refractivity contribution is 5.83. The SMILES string of the molecule is CC(C)c1cc2cccnc2[nH]c1=O.CC(C)c1cc2ccnnc2[nH]c1=O.CC(C)c1cc2ccnnc2cc1O.CC(C)c1cc2cncnc2[nH]c1=O.CC(C)c1cc2cncnc2cc1O.CC(C)c1cc2nccnc2[nH]c1=O.CC(C)c1nc2ccnnc2cc1O.CC(C)c1nc2cncnc2cc1O.CC(C)c1nc2ncccc2cc1O.CC(C)c1nc2nccnc2cc1O. The summed E-state index contributed by atoms with van der Waals surface area (Å²) in [6, 6.07) is 34.3. The second-order valence-corrected chi connectivity index (χ2v) is 35.5. The number of H-pyrrole nitrogens is 4. The lowest BCUT2D eigenvalue weighted by Gasteiger charge is -2.08. The minimum atomic E-state index is -0.0759. The maximum Gasteiger partial charge on any atom is 0.253 e. The second kappa shape index (κ2) is 48.1. The summed E-state index contributed by atoms with van der Waals surface area (Å²) in [6.45, 7) is 40.0. The average Bonchev–Trinajstić information content (AvgIpc) is 0.874. The molecule has 0 saturated heterocycles. The fraction of sp³-hybridized carbons (Fsp3) is 0.288. The number of rotatable bonds is 10. The van der Waals surface area contributed by atoms with E-state index in [2.05, 4.69) is 144 Å². The van der Waals surface area contributed by atoms with Crippen molar-refractivity contribution >= 4 is 110 Å². The molecule has 0 radical (unpaired) electrons. The summed E-state index contributed by atoms with van der Waals surface area (Å²) in [4.78, 5) is 123. The first-order chi connectivity index (χ1) is 66.8. The van der Waals surface area contributed by atoms with Crippen LogP contribution in [0.15, 0.2) is 228 Å². The number of nitrogens with zero attached hydrogens (tertiary/aromatic N) is 22. The van der Waals surface area contributed by atoms with E-state index in [1.807, 2.05) is 191 Å². The summed E-state index contributed by atoms with van der Waals surface area (Å²) < 4.78 is 0. The zero-order valence-corrected chi connectivity index (χ0v) is 81.6. The van der Waals surface area contributed by atoms with Crippen LogP contribution >= 0.6 is 0 Å². The number of hydrogen-bond acceptors (Lipinski definition) is 32. The van der Waals surface area contributed by atoms with Gasteiger partial charge in [-0.1, -0.05) is 138 Å². The van der Waals surface area contributed by atoms with Crippen LogP contribution in [0.2, 0.25) is 0 Å². The van der Waals surface area contributed by atoms with Crippen LogP contribution in [0, 0.1) is 0 Å². The molecule has 18 aromatic heterocycles. The molecule has 0 bridgehead atoms. The van der Waals surface area contributed by atoms with Crippen LogP contribution in [-0.2, 0) is 0 Å².